The summed E-state index contributed by atoms with van der Waals surface area (Å²) in [6.07, 6.45) is 0.659. The maximum atomic E-state index is 12.2. The van der Waals surface area contributed by atoms with Crippen LogP contribution in [0.1, 0.15) is 18.5 Å². The van der Waals surface area contributed by atoms with E-state index in [1.54, 1.807) is 0 Å². The Labute approximate surface area is 120 Å². The van der Waals surface area contributed by atoms with Crippen LogP contribution < -0.4 is 5.73 Å². The summed E-state index contributed by atoms with van der Waals surface area (Å²) in [6.45, 7) is 1.42. The Morgan fingerprint density at radius 2 is 2.05 bits per heavy atom. The molecule has 2 atom stereocenters. The van der Waals surface area contributed by atoms with Crippen molar-refractivity contribution >= 4 is 11.9 Å². The lowest BCUT2D eigenvalue weighted by molar-refractivity contribution is -0.157. The van der Waals surface area contributed by atoms with E-state index in [1.165, 1.54) is 17.9 Å². The van der Waals surface area contributed by atoms with Crippen molar-refractivity contribution in [3.05, 3.63) is 42.2 Å². The topological polar surface area (TPSA) is 113 Å². The SMILES string of the molecule is C[C@H](OC(=O)[C@H](Cc1ccccc1)n1cnnn1)C(N)=O. The fourth-order valence-electron chi connectivity index (χ4n) is 1.74. The summed E-state index contributed by atoms with van der Waals surface area (Å²) in [6, 6.07) is 8.60. The van der Waals surface area contributed by atoms with Crippen LogP contribution in [0.2, 0.25) is 0 Å². The molecule has 2 rings (SSSR count). The van der Waals surface area contributed by atoms with Crippen LogP contribution >= 0.6 is 0 Å². The van der Waals surface area contributed by atoms with Gasteiger partial charge >= 0.3 is 5.97 Å². The predicted molar refractivity (Wildman–Crippen MR) is 71.7 cm³/mol. The molecule has 21 heavy (non-hydrogen) atoms. The molecule has 8 nitrogen and oxygen atoms in total. The van der Waals surface area contributed by atoms with E-state index >= 15 is 0 Å². The second-order valence-corrected chi connectivity index (χ2v) is 4.48. The molecule has 1 heterocycles. The summed E-state index contributed by atoms with van der Waals surface area (Å²) < 4.78 is 6.33. The van der Waals surface area contributed by atoms with Gasteiger partial charge in [0.25, 0.3) is 5.91 Å². The van der Waals surface area contributed by atoms with Crippen LogP contribution in [0.4, 0.5) is 0 Å². The normalized spacial score (nSPS) is 13.4. The van der Waals surface area contributed by atoms with E-state index in [2.05, 4.69) is 15.5 Å². The minimum absolute atomic E-state index is 0.343. The van der Waals surface area contributed by atoms with Crippen LogP contribution in [-0.4, -0.2) is 38.2 Å². The van der Waals surface area contributed by atoms with E-state index in [9.17, 15) is 9.59 Å². The standard InChI is InChI=1S/C13H15N5O3/c1-9(12(14)19)21-13(20)11(18-8-15-16-17-18)7-10-5-3-2-4-6-10/h2-6,8-9,11H,7H2,1H3,(H2,14,19)/t9-,11-/m0/s1. The molecule has 2 aromatic rings. The van der Waals surface area contributed by atoms with Crippen molar-refractivity contribution in [2.24, 2.45) is 5.73 Å². The molecule has 0 bridgehead atoms. The summed E-state index contributed by atoms with van der Waals surface area (Å²) in [5.41, 5.74) is 6.01. The Bertz CT molecular complexity index is 600. The van der Waals surface area contributed by atoms with Crippen molar-refractivity contribution in [1.82, 2.24) is 20.2 Å². The molecule has 0 aliphatic carbocycles. The molecule has 0 fully saturated rings. The third-order valence-electron chi connectivity index (χ3n) is 2.92. The average Bonchev–Trinajstić information content (AvgIpc) is 2.99. The molecule has 1 aromatic heterocycles. The summed E-state index contributed by atoms with van der Waals surface area (Å²) in [7, 11) is 0. The molecule has 0 aliphatic heterocycles. The van der Waals surface area contributed by atoms with E-state index in [4.69, 9.17) is 10.5 Å². The van der Waals surface area contributed by atoms with Gasteiger partial charge in [0.1, 0.15) is 6.33 Å². The summed E-state index contributed by atoms with van der Waals surface area (Å²) in [5.74, 6) is -1.32. The van der Waals surface area contributed by atoms with Crippen LogP contribution in [0.5, 0.6) is 0 Å². The van der Waals surface area contributed by atoms with Crippen molar-refractivity contribution in [1.29, 1.82) is 0 Å². The maximum absolute atomic E-state index is 12.2. The zero-order chi connectivity index (χ0) is 15.2. The molecule has 1 amide bonds. The highest BCUT2D eigenvalue weighted by molar-refractivity contribution is 5.83. The first-order valence-corrected chi connectivity index (χ1v) is 6.34. The molecule has 2 N–H and O–H groups in total. The largest absolute Gasteiger partial charge is 0.451 e. The molecule has 0 saturated carbocycles. The second-order valence-electron chi connectivity index (χ2n) is 4.48. The number of nitrogens with zero attached hydrogens (tertiary/aromatic N) is 4. The molecule has 0 spiro atoms. The third-order valence-corrected chi connectivity index (χ3v) is 2.92. The number of aromatic nitrogens is 4. The Morgan fingerprint density at radius 3 is 2.62 bits per heavy atom. The average molecular weight is 289 g/mol. The fourth-order valence-corrected chi connectivity index (χ4v) is 1.74. The first kappa shape index (κ1) is 14.6. The van der Waals surface area contributed by atoms with Crippen LogP contribution in [0.15, 0.2) is 36.7 Å². The quantitative estimate of drug-likeness (QED) is 0.741. The molecule has 0 saturated heterocycles. The number of tetrazole rings is 1. The van der Waals surface area contributed by atoms with Crippen molar-refractivity contribution in [3.8, 4) is 0 Å². The summed E-state index contributed by atoms with van der Waals surface area (Å²) in [5, 5.41) is 10.8. The van der Waals surface area contributed by atoms with Gasteiger partial charge in [-0.15, -0.1) is 5.10 Å². The Hall–Kier alpha value is -2.77. The molecule has 0 unspecified atom stereocenters. The number of esters is 1. The Morgan fingerprint density at radius 1 is 1.33 bits per heavy atom. The van der Waals surface area contributed by atoms with Gasteiger partial charge in [0.05, 0.1) is 0 Å². The van der Waals surface area contributed by atoms with Gasteiger partial charge in [-0.1, -0.05) is 30.3 Å². The van der Waals surface area contributed by atoms with Crippen LogP contribution in [-0.2, 0) is 20.7 Å². The van der Waals surface area contributed by atoms with E-state index in [1.807, 2.05) is 30.3 Å². The maximum Gasteiger partial charge on any atom is 0.332 e. The third kappa shape index (κ3) is 3.85. The van der Waals surface area contributed by atoms with E-state index in [0.717, 1.165) is 5.56 Å². The van der Waals surface area contributed by atoms with Gasteiger partial charge in [0.2, 0.25) is 0 Å². The van der Waals surface area contributed by atoms with Gasteiger partial charge in [0, 0.05) is 6.42 Å². The number of ether oxygens (including phenoxy) is 1. The Balaban J connectivity index is 2.17. The van der Waals surface area contributed by atoms with Crippen molar-refractivity contribution in [2.45, 2.75) is 25.5 Å². The molecule has 8 heteroatoms. The minimum atomic E-state index is -1.01. The van der Waals surface area contributed by atoms with Crippen LogP contribution in [0, 0.1) is 0 Å². The molecule has 110 valence electrons. The molecule has 0 aliphatic rings. The first-order valence-electron chi connectivity index (χ1n) is 6.34. The molecule has 1 aromatic carbocycles. The lowest BCUT2D eigenvalue weighted by Gasteiger charge is -2.17. The number of rotatable bonds is 6. The van der Waals surface area contributed by atoms with Gasteiger partial charge in [0.15, 0.2) is 12.1 Å². The van der Waals surface area contributed by atoms with Crippen LogP contribution in [0.3, 0.4) is 0 Å². The van der Waals surface area contributed by atoms with E-state index in [0.29, 0.717) is 6.42 Å². The van der Waals surface area contributed by atoms with Crippen molar-refractivity contribution < 1.29 is 14.3 Å². The van der Waals surface area contributed by atoms with Gasteiger partial charge in [-0.05, 0) is 22.9 Å². The lowest BCUT2D eigenvalue weighted by Crippen LogP contribution is -2.34. The minimum Gasteiger partial charge on any atom is -0.451 e. The number of primary amides is 1. The van der Waals surface area contributed by atoms with E-state index in [-0.39, 0.29) is 0 Å². The summed E-state index contributed by atoms with van der Waals surface area (Å²) in [4.78, 5) is 23.2. The molecular formula is C13H15N5O3. The van der Waals surface area contributed by atoms with E-state index < -0.39 is 24.0 Å². The van der Waals surface area contributed by atoms with Gasteiger partial charge in [-0.3, -0.25) is 4.79 Å². The zero-order valence-corrected chi connectivity index (χ0v) is 11.4. The van der Waals surface area contributed by atoms with Gasteiger partial charge in [-0.25, -0.2) is 9.48 Å². The molecular weight excluding hydrogens is 274 g/mol. The number of carbonyl (C=O) groups is 2. The van der Waals surface area contributed by atoms with Gasteiger partial charge < -0.3 is 10.5 Å². The number of amides is 1. The number of benzene rings is 1. The Kier molecular flexibility index (Phi) is 4.60. The van der Waals surface area contributed by atoms with Crippen LogP contribution in [0.25, 0.3) is 0 Å². The molecule has 0 radical (unpaired) electrons. The highest BCUT2D eigenvalue weighted by atomic mass is 16.5. The smallest absolute Gasteiger partial charge is 0.332 e. The van der Waals surface area contributed by atoms with Gasteiger partial charge in [-0.2, -0.15) is 0 Å². The summed E-state index contributed by atoms with van der Waals surface area (Å²) >= 11 is 0. The lowest BCUT2D eigenvalue weighted by atomic mass is 10.1. The highest BCUT2D eigenvalue weighted by Crippen LogP contribution is 2.15. The second kappa shape index (κ2) is 6.60. The number of hydrogen-bond donors (Lipinski definition) is 1. The van der Waals surface area contributed by atoms with Crippen molar-refractivity contribution in [2.75, 3.05) is 0 Å². The fraction of sp³-hybridized carbons (Fsp3) is 0.308. The predicted octanol–water partition coefficient (Wildman–Crippen LogP) is -0.126. The number of nitrogens with two attached hydrogens (primary N) is 1. The highest BCUT2D eigenvalue weighted by Gasteiger charge is 2.26. The monoisotopic (exact) mass is 289 g/mol. The van der Waals surface area contributed by atoms with Crippen molar-refractivity contribution in [3.63, 3.8) is 0 Å². The first-order chi connectivity index (χ1) is 10.1. The number of carbonyl (C=O) groups excluding carboxylic acids is 2. The number of hydrogen-bond acceptors (Lipinski definition) is 6. The zero-order valence-electron chi connectivity index (χ0n) is 11.4.